The third-order valence-corrected chi connectivity index (χ3v) is 4.05. The van der Waals surface area contributed by atoms with Crippen molar-refractivity contribution in [1.29, 1.82) is 0 Å². The van der Waals surface area contributed by atoms with Gasteiger partial charge in [0.05, 0.1) is 7.11 Å². The average Bonchev–Trinajstić information content (AvgIpc) is 3.01. The molecule has 3 rings (SSSR count). The second-order valence-electron chi connectivity index (χ2n) is 6.00. The summed E-state index contributed by atoms with van der Waals surface area (Å²) in [6, 6.07) is 12.4. The van der Waals surface area contributed by atoms with Crippen LogP contribution in [0.4, 0.5) is 0 Å². The van der Waals surface area contributed by atoms with Gasteiger partial charge in [-0.1, -0.05) is 12.1 Å². The van der Waals surface area contributed by atoms with Crippen LogP contribution in [0.3, 0.4) is 0 Å². The number of aryl methyl sites for hydroxylation is 1. The van der Waals surface area contributed by atoms with Gasteiger partial charge in [0.25, 0.3) is 0 Å². The van der Waals surface area contributed by atoms with Crippen LogP contribution in [0.1, 0.15) is 12.0 Å². The number of methoxy groups -OCH3 is 1. The van der Waals surface area contributed by atoms with E-state index >= 15 is 0 Å². The molecule has 1 aliphatic heterocycles. The highest BCUT2D eigenvalue weighted by Gasteiger charge is 2.18. The van der Waals surface area contributed by atoms with Crippen molar-refractivity contribution in [2.45, 2.75) is 12.8 Å². The first-order valence-electron chi connectivity index (χ1n) is 7.89. The molecule has 0 unspecified atom stereocenters. The minimum Gasteiger partial charge on any atom is -0.497 e. The van der Waals surface area contributed by atoms with Crippen molar-refractivity contribution >= 4 is 0 Å². The Morgan fingerprint density at radius 2 is 1.74 bits per heavy atom. The Labute approximate surface area is 137 Å². The Balaban J connectivity index is 1.92. The van der Waals surface area contributed by atoms with E-state index in [9.17, 15) is 0 Å². The fraction of sp³-hybridized carbons (Fsp3) is 0.368. The highest BCUT2D eigenvalue weighted by atomic mass is 16.7. The number of hydrogen-bond acceptors (Lipinski definition) is 4. The Kier molecular flexibility index (Phi) is 4.72. The Bertz CT molecular complexity index is 665. The summed E-state index contributed by atoms with van der Waals surface area (Å²) in [6.07, 6.45) is 2.12. The van der Waals surface area contributed by atoms with E-state index in [1.807, 2.05) is 12.1 Å². The van der Waals surface area contributed by atoms with E-state index in [4.69, 9.17) is 14.2 Å². The molecule has 122 valence electrons. The molecular weight excluding hydrogens is 290 g/mol. The largest absolute Gasteiger partial charge is 0.497 e. The molecule has 0 spiro atoms. The van der Waals surface area contributed by atoms with Crippen molar-refractivity contribution in [3.8, 4) is 28.4 Å². The summed E-state index contributed by atoms with van der Waals surface area (Å²) >= 11 is 0. The number of hydrogen-bond donors (Lipinski definition) is 0. The maximum atomic E-state index is 5.55. The van der Waals surface area contributed by atoms with Gasteiger partial charge in [0.15, 0.2) is 11.5 Å². The van der Waals surface area contributed by atoms with Gasteiger partial charge in [-0.25, -0.2) is 0 Å². The quantitative estimate of drug-likeness (QED) is 0.815. The van der Waals surface area contributed by atoms with Gasteiger partial charge in [-0.15, -0.1) is 0 Å². The first kappa shape index (κ1) is 15.7. The van der Waals surface area contributed by atoms with Crippen LogP contribution in [0.15, 0.2) is 36.4 Å². The zero-order valence-electron chi connectivity index (χ0n) is 14.0. The van der Waals surface area contributed by atoms with Crippen molar-refractivity contribution in [3.05, 3.63) is 42.0 Å². The van der Waals surface area contributed by atoms with Gasteiger partial charge < -0.3 is 19.1 Å². The number of rotatable bonds is 6. The first-order chi connectivity index (χ1) is 11.2. The number of ether oxygens (including phenoxy) is 3. The van der Waals surface area contributed by atoms with Crippen molar-refractivity contribution < 1.29 is 14.2 Å². The molecule has 0 saturated carbocycles. The molecule has 0 radical (unpaired) electrons. The summed E-state index contributed by atoms with van der Waals surface area (Å²) in [5.74, 6) is 2.54. The molecule has 4 nitrogen and oxygen atoms in total. The Morgan fingerprint density at radius 3 is 2.39 bits per heavy atom. The van der Waals surface area contributed by atoms with Crippen molar-refractivity contribution in [2.24, 2.45) is 0 Å². The third-order valence-electron chi connectivity index (χ3n) is 4.05. The van der Waals surface area contributed by atoms with Crippen LogP contribution in [-0.4, -0.2) is 39.4 Å². The van der Waals surface area contributed by atoms with E-state index in [2.05, 4.69) is 43.3 Å². The fourth-order valence-corrected chi connectivity index (χ4v) is 2.82. The molecule has 0 fully saturated rings. The van der Waals surface area contributed by atoms with Crippen LogP contribution < -0.4 is 14.2 Å². The zero-order valence-corrected chi connectivity index (χ0v) is 14.0. The van der Waals surface area contributed by atoms with E-state index in [0.29, 0.717) is 6.79 Å². The maximum Gasteiger partial charge on any atom is 0.231 e. The lowest BCUT2D eigenvalue weighted by Crippen LogP contribution is -2.13. The normalized spacial score (nSPS) is 12.7. The van der Waals surface area contributed by atoms with Gasteiger partial charge >= 0.3 is 0 Å². The Morgan fingerprint density at radius 1 is 1.04 bits per heavy atom. The van der Waals surface area contributed by atoms with Crippen LogP contribution in [-0.2, 0) is 6.42 Å². The van der Waals surface area contributed by atoms with E-state index in [1.54, 1.807) is 7.11 Å². The van der Waals surface area contributed by atoms with Crippen LogP contribution in [0.5, 0.6) is 17.2 Å². The molecule has 0 N–H and O–H groups in total. The van der Waals surface area contributed by atoms with Crippen LogP contribution in [0.2, 0.25) is 0 Å². The SMILES string of the molecule is COc1ccc(-c2cc3c(cc2CCCN(C)C)OCO3)cc1. The van der Waals surface area contributed by atoms with Gasteiger partial charge in [-0.2, -0.15) is 0 Å². The molecule has 0 atom stereocenters. The topological polar surface area (TPSA) is 30.9 Å². The molecule has 0 bridgehead atoms. The minimum atomic E-state index is 0.304. The molecule has 1 heterocycles. The maximum absolute atomic E-state index is 5.55. The molecule has 2 aromatic carbocycles. The summed E-state index contributed by atoms with van der Waals surface area (Å²) in [5.41, 5.74) is 3.67. The third kappa shape index (κ3) is 3.59. The van der Waals surface area contributed by atoms with Crippen LogP contribution >= 0.6 is 0 Å². The van der Waals surface area contributed by atoms with Crippen molar-refractivity contribution in [3.63, 3.8) is 0 Å². The lowest BCUT2D eigenvalue weighted by Gasteiger charge is -2.14. The minimum absolute atomic E-state index is 0.304. The first-order valence-corrected chi connectivity index (χ1v) is 7.89. The summed E-state index contributed by atoms with van der Waals surface area (Å²) in [7, 11) is 5.89. The molecule has 23 heavy (non-hydrogen) atoms. The number of benzene rings is 2. The summed E-state index contributed by atoms with van der Waals surface area (Å²) < 4.78 is 16.3. The molecule has 0 amide bonds. The van der Waals surface area contributed by atoms with Crippen LogP contribution in [0.25, 0.3) is 11.1 Å². The standard InChI is InChI=1S/C19H23NO3/c1-20(2)10-4-5-15-11-18-19(23-13-22-18)12-17(15)14-6-8-16(21-3)9-7-14/h6-9,11-12H,4-5,10,13H2,1-3H3. The van der Waals surface area contributed by atoms with E-state index < -0.39 is 0 Å². The monoisotopic (exact) mass is 313 g/mol. The summed E-state index contributed by atoms with van der Waals surface area (Å²) in [6.45, 7) is 1.37. The van der Waals surface area contributed by atoms with Crippen molar-refractivity contribution in [2.75, 3.05) is 34.5 Å². The zero-order chi connectivity index (χ0) is 16.2. The lowest BCUT2D eigenvalue weighted by atomic mass is 9.95. The van der Waals surface area contributed by atoms with Gasteiger partial charge in [0.2, 0.25) is 6.79 Å². The number of nitrogens with zero attached hydrogens (tertiary/aromatic N) is 1. The van der Waals surface area contributed by atoms with Crippen LogP contribution in [0, 0.1) is 0 Å². The summed E-state index contributed by atoms with van der Waals surface area (Å²) in [5, 5.41) is 0. The van der Waals surface area contributed by atoms with Gasteiger partial charge in [0, 0.05) is 0 Å². The van der Waals surface area contributed by atoms with Crippen molar-refractivity contribution in [1.82, 2.24) is 4.90 Å². The van der Waals surface area contributed by atoms with E-state index in [0.717, 1.165) is 36.6 Å². The highest BCUT2D eigenvalue weighted by molar-refractivity contribution is 5.72. The lowest BCUT2D eigenvalue weighted by molar-refractivity contribution is 0.174. The Hall–Kier alpha value is -2.20. The predicted molar refractivity (Wildman–Crippen MR) is 91.4 cm³/mol. The van der Waals surface area contributed by atoms with Gasteiger partial charge in [0.1, 0.15) is 5.75 Å². The highest BCUT2D eigenvalue weighted by Crippen LogP contribution is 2.39. The molecule has 0 saturated heterocycles. The molecule has 4 heteroatoms. The average molecular weight is 313 g/mol. The molecule has 1 aliphatic rings. The smallest absolute Gasteiger partial charge is 0.231 e. The second-order valence-corrected chi connectivity index (χ2v) is 6.00. The van der Waals surface area contributed by atoms with Gasteiger partial charge in [-0.3, -0.25) is 0 Å². The molecule has 0 aromatic heterocycles. The number of fused-ring (bicyclic) bond motifs is 1. The molecule has 2 aromatic rings. The fourth-order valence-electron chi connectivity index (χ4n) is 2.82. The van der Waals surface area contributed by atoms with E-state index in [-0.39, 0.29) is 0 Å². The van der Waals surface area contributed by atoms with E-state index in [1.165, 1.54) is 16.7 Å². The molecule has 0 aliphatic carbocycles. The summed E-state index contributed by atoms with van der Waals surface area (Å²) in [4.78, 5) is 2.21. The molecular formula is C19H23NO3. The second kappa shape index (κ2) is 6.92. The van der Waals surface area contributed by atoms with Gasteiger partial charge in [-0.05, 0) is 74.4 Å². The predicted octanol–water partition coefficient (Wildman–Crippen LogP) is 3.59.